The van der Waals surface area contributed by atoms with Crippen molar-refractivity contribution in [3.05, 3.63) is 0 Å². The molecular weight excluding hydrogens is 356 g/mol. The van der Waals surface area contributed by atoms with Gasteiger partial charge >= 0.3 is 5.97 Å². The molecular formula is C22H40N2O4. The number of hydrogen-bond donors (Lipinski definition) is 3. The molecule has 162 valence electrons. The van der Waals surface area contributed by atoms with Crippen LogP contribution in [0.2, 0.25) is 0 Å². The number of aliphatic hydroxyl groups excluding tert-OH is 1. The Morgan fingerprint density at radius 2 is 2.00 bits per heavy atom. The summed E-state index contributed by atoms with van der Waals surface area (Å²) in [7, 11) is 0. The molecule has 0 spiro atoms. The molecule has 1 aliphatic heterocycles. The quantitative estimate of drug-likeness (QED) is 0.494. The van der Waals surface area contributed by atoms with Gasteiger partial charge in [-0.25, -0.2) is 0 Å². The molecule has 3 N–H and O–H groups in total. The third-order valence-electron chi connectivity index (χ3n) is 6.11. The molecule has 0 aromatic rings. The zero-order chi connectivity index (χ0) is 20.4. The van der Waals surface area contributed by atoms with Crippen LogP contribution in [-0.4, -0.2) is 53.4 Å². The second-order valence-electron chi connectivity index (χ2n) is 9.26. The lowest BCUT2D eigenvalue weighted by Crippen LogP contribution is -2.46. The van der Waals surface area contributed by atoms with Gasteiger partial charge in [0.15, 0.2) is 5.90 Å². The first kappa shape index (κ1) is 23.1. The van der Waals surface area contributed by atoms with E-state index in [0.717, 1.165) is 31.6 Å². The first-order valence-electron chi connectivity index (χ1n) is 11.2. The number of nitrogens with one attached hydrogen (secondary N) is 1. The van der Waals surface area contributed by atoms with Crippen LogP contribution in [0.3, 0.4) is 0 Å². The van der Waals surface area contributed by atoms with Crippen LogP contribution in [0.5, 0.6) is 0 Å². The van der Waals surface area contributed by atoms with E-state index in [2.05, 4.69) is 5.32 Å². The summed E-state index contributed by atoms with van der Waals surface area (Å²) < 4.78 is 5.91. The first-order chi connectivity index (χ1) is 13.4. The fourth-order valence-electron chi connectivity index (χ4n) is 4.25. The van der Waals surface area contributed by atoms with Gasteiger partial charge in [-0.1, -0.05) is 44.9 Å². The predicted octanol–water partition coefficient (Wildman–Crippen LogP) is 3.77. The lowest BCUT2D eigenvalue weighted by atomic mass is 9.84. The molecule has 1 heterocycles. The number of ether oxygens (including phenoxy) is 1. The Balaban J connectivity index is 1.94. The third kappa shape index (κ3) is 8.48. The molecule has 0 radical (unpaired) electrons. The van der Waals surface area contributed by atoms with Gasteiger partial charge in [-0.05, 0) is 39.0 Å². The van der Waals surface area contributed by atoms with Crippen LogP contribution in [0.4, 0.5) is 0 Å². The lowest BCUT2D eigenvalue weighted by Gasteiger charge is -2.26. The lowest BCUT2D eigenvalue weighted by molar-refractivity contribution is -0.137. The van der Waals surface area contributed by atoms with Crippen LogP contribution >= 0.6 is 0 Å². The molecule has 6 heteroatoms. The third-order valence-corrected chi connectivity index (χ3v) is 6.11. The summed E-state index contributed by atoms with van der Waals surface area (Å²) in [5.74, 6) is 0.535. The summed E-state index contributed by atoms with van der Waals surface area (Å²) in [5, 5.41) is 22.2. The van der Waals surface area contributed by atoms with Crippen molar-refractivity contribution < 1.29 is 19.7 Å². The summed E-state index contributed by atoms with van der Waals surface area (Å²) in [6.45, 7) is 5.27. The number of aliphatic carboxylic acids is 1. The van der Waals surface area contributed by atoms with Crippen molar-refractivity contribution >= 4 is 11.9 Å². The van der Waals surface area contributed by atoms with Crippen LogP contribution in [-0.2, 0) is 9.53 Å². The zero-order valence-corrected chi connectivity index (χ0v) is 17.8. The van der Waals surface area contributed by atoms with Crippen molar-refractivity contribution in [1.29, 1.82) is 0 Å². The number of carbonyl (C=O) groups is 1. The number of carboxylic acid groups (broad SMARTS) is 1. The van der Waals surface area contributed by atoms with E-state index in [0.29, 0.717) is 19.0 Å². The largest absolute Gasteiger partial charge is 0.481 e. The van der Waals surface area contributed by atoms with Gasteiger partial charge in [0, 0.05) is 18.0 Å². The van der Waals surface area contributed by atoms with Crippen molar-refractivity contribution in [3.8, 4) is 0 Å². The molecule has 1 fully saturated rings. The van der Waals surface area contributed by atoms with Crippen LogP contribution in [0.15, 0.2) is 4.99 Å². The van der Waals surface area contributed by atoms with Crippen molar-refractivity contribution in [1.82, 2.24) is 5.32 Å². The van der Waals surface area contributed by atoms with E-state index < -0.39 is 5.97 Å². The second kappa shape index (κ2) is 11.8. The van der Waals surface area contributed by atoms with E-state index in [1.54, 1.807) is 0 Å². The van der Waals surface area contributed by atoms with Crippen molar-refractivity contribution in [2.75, 3.05) is 19.8 Å². The molecule has 0 saturated heterocycles. The minimum absolute atomic E-state index is 0.0651. The van der Waals surface area contributed by atoms with Crippen LogP contribution in [0.25, 0.3) is 0 Å². The number of carboxylic acids is 1. The van der Waals surface area contributed by atoms with Crippen molar-refractivity contribution in [3.63, 3.8) is 0 Å². The summed E-state index contributed by atoms with van der Waals surface area (Å²) in [6, 6.07) is 0.0676. The molecule has 0 amide bonds. The average molecular weight is 397 g/mol. The summed E-state index contributed by atoms with van der Waals surface area (Å²) in [4.78, 5) is 16.2. The van der Waals surface area contributed by atoms with Crippen LogP contribution < -0.4 is 5.32 Å². The normalized spacial score (nSPS) is 22.8. The SMILES string of the molecule is CC(C)(CO)NCC1CCCOC([C@H](CCCC2CCCCC2)CC(=O)O)=N1. The molecule has 1 saturated carbocycles. The van der Waals surface area contributed by atoms with Gasteiger partial charge in [-0.3, -0.25) is 9.79 Å². The number of rotatable bonds is 11. The highest BCUT2D eigenvalue weighted by Crippen LogP contribution is 2.29. The molecule has 2 rings (SSSR count). The van der Waals surface area contributed by atoms with E-state index in [4.69, 9.17) is 9.73 Å². The van der Waals surface area contributed by atoms with E-state index in [-0.39, 0.29) is 30.5 Å². The van der Waals surface area contributed by atoms with Crippen molar-refractivity contribution in [2.24, 2.45) is 16.8 Å². The van der Waals surface area contributed by atoms with Gasteiger partial charge in [-0.2, -0.15) is 0 Å². The second-order valence-corrected chi connectivity index (χ2v) is 9.26. The maximum Gasteiger partial charge on any atom is 0.304 e. The van der Waals surface area contributed by atoms with E-state index >= 15 is 0 Å². The van der Waals surface area contributed by atoms with Gasteiger partial charge in [-0.15, -0.1) is 0 Å². The molecule has 2 atom stereocenters. The highest BCUT2D eigenvalue weighted by atomic mass is 16.5. The summed E-state index contributed by atoms with van der Waals surface area (Å²) in [5.41, 5.74) is -0.344. The molecule has 28 heavy (non-hydrogen) atoms. The average Bonchev–Trinajstić information content (AvgIpc) is 2.92. The summed E-state index contributed by atoms with van der Waals surface area (Å²) in [6.07, 6.45) is 11.7. The van der Waals surface area contributed by atoms with Gasteiger partial charge < -0.3 is 20.3 Å². The van der Waals surface area contributed by atoms with E-state index in [1.807, 2.05) is 13.8 Å². The fourth-order valence-corrected chi connectivity index (χ4v) is 4.25. The zero-order valence-electron chi connectivity index (χ0n) is 17.8. The van der Waals surface area contributed by atoms with E-state index in [9.17, 15) is 15.0 Å². The number of hydrogen-bond acceptors (Lipinski definition) is 5. The minimum atomic E-state index is -0.783. The Morgan fingerprint density at radius 3 is 2.68 bits per heavy atom. The maximum absolute atomic E-state index is 11.4. The molecule has 6 nitrogen and oxygen atoms in total. The van der Waals surface area contributed by atoms with Gasteiger partial charge in [0.1, 0.15) is 0 Å². The highest BCUT2D eigenvalue weighted by molar-refractivity contribution is 5.83. The fraction of sp³-hybridized carbons (Fsp3) is 0.909. The molecule has 0 bridgehead atoms. The highest BCUT2D eigenvalue weighted by Gasteiger charge is 2.26. The maximum atomic E-state index is 11.4. The molecule has 0 aromatic carbocycles. The smallest absolute Gasteiger partial charge is 0.304 e. The Labute approximate surface area is 170 Å². The Bertz CT molecular complexity index is 501. The van der Waals surface area contributed by atoms with Gasteiger partial charge in [0.2, 0.25) is 0 Å². The molecule has 1 unspecified atom stereocenters. The Hall–Kier alpha value is -1.14. The van der Waals surface area contributed by atoms with E-state index in [1.165, 1.54) is 38.5 Å². The topological polar surface area (TPSA) is 91.1 Å². The molecule has 2 aliphatic rings. The first-order valence-corrected chi connectivity index (χ1v) is 11.2. The van der Waals surface area contributed by atoms with Gasteiger partial charge in [0.25, 0.3) is 0 Å². The number of aliphatic imine (C=N–C) groups is 1. The minimum Gasteiger partial charge on any atom is -0.481 e. The monoisotopic (exact) mass is 396 g/mol. The van der Waals surface area contributed by atoms with Crippen LogP contribution in [0.1, 0.15) is 84.5 Å². The standard InChI is InChI=1S/C22H40N2O4/c1-22(2,16-25)23-15-19-12-7-13-28-21(24-19)18(14-20(26)27)11-6-10-17-8-4-3-5-9-17/h17-19,23,25H,3-16H2,1-2H3,(H,26,27)/t18-,19?/m1/s1. The summed E-state index contributed by atoms with van der Waals surface area (Å²) >= 11 is 0. The number of aliphatic hydroxyl groups is 1. The molecule has 1 aliphatic carbocycles. The number of nitrogens with zero attached hydrogens (tertiary/aromatic N) is 1. The Kier molecular flexibility index (Phi) is 9.72. The van der Waals surface area contributed by atoms with Crippen molar-refractivity contribution in [2.45, 2.75) is 96.1 Å². The van der Waals surface area contributed by atoms with Gasteiger partial charge in [0.05, 0.1) is 25.7 Å². The predicted molar refractivity (Wildman–Crippen MR) is 112 cm³/mol. The Morgan fingerprint density at radius 1 is 1.25 bits per heavy atom. The molecule has 0 aromatic heterocycles. The van der Waals surface area contributed by atoms with Crippen LogP contribution in [0, 0.1) is 11.8 Å².